The number of hydrogen-bond donors (Lipinski definition) is 0. The molecule has 1 aromatic carbocycles. The highest BCUT2D eigenvalue weighted by molar-refractivity contribution is 6.32. The molecule has 1 nitrogen and oxygen atoms in total. The minimum absolute atomic E-state index is 0.0853. The molecule has 1 aromatic rings. The fourth-order valence-electron chi connectivity index (χ4n) is 1.25. The van der Waals surface area contributed by atoms with E-state index < -0.39 is 11.7 Å². The van der Waals surface area contributed by atoms with Gasteiger partial charge in [0.2, 0.25) is 0 Å². The van der Waals surface area contributed by atoms with E-state index in [2.05, 4.69) is 0 Å². The maximum atomic E-state index is 12.5. The first-order valence-corrected chi connectivity index (χ1v) is 5.68. The second-order valence-corrected chi connectivity index (χ2v) is 4.52. The van der Waals surface area contributed by atoms with Crippen LogP contribution in [0.3, 0.4) is 0 Å². The van der Waals surface area contributed by atoms with Gasteiger partial charge in [-0.05, 0) is 24.5 Å². The van der Waals surface area contributed by atoms with E-state index in [0.717, 1.165) is 12.5 Å². The number of benzene rings is 1. The Hall–Kier alpha value is -0.900. The average molecular weight is 267 g/mol. The number of ether oxygens (including phenoxy) is 1. The van der Waals surface area contributed by atoms with E-state index in [9.17, 15) is 13.2 Å². The van der Waals surface area contributed by atoms with Gasteiger partial charge in [-0.3, -0.25) is 0 Å². The van der Waals surface area contributed by atoms with Gasteiger partial charge in [-0.25, -0.2) is 0 Å². The van der Waals surface area contributed by atoms with Crippen LogP contribution in [0.5, 0.6) is 5.75 Å². The van der Waals surface area contributed by atoms with E-state index >= 15 is 0 Å². The number of halogens is 4. The standard InChI is InChI=1S/C12H14ClF3O/c1-8(2)6-7-17-10-5-3-4-9(11(10)13)12(14,15)16/h3-5,8H,6-7H2,1-2H3. The molecule has 0 N–H and O–H groups in total. The molecule has 0 atom stereocenters. The molecule has 17 heavy (non-hydrogen) atoms. The lowest BCUT2D eigenvalue weighted by Gasteiger charge is -2.13. The Bertz CT molecular complexity index is 375. The topological polar surface area (TPSA) is 9.23 Å². The zero-order valence-electron chi connectivity index (χ0n) is 9.64. The molecule has 0 spiro atoms. The van der Waals surface area contributed by atoms with Crippen LogP contribution >= 0.6 is 11.6 Å². The van der Waals surface area contributed by atoms with Crippen molar-refractivity contribution in [1.29, 1.82) is 0 Å². The first-order chi connectivity index (χ1) is 7.82. The smallest absolute Gasteiger partial charge is 0.417 e. The van der Waals surface area contributed by atoms with Crippen molar-refractivity contribution < 1.29 is 17.9 Å². The molecule has 0 saturated carbocycles. The van der Waals surface area contributed by atoms with Crippen molar-refractivity contribution in [2.24, 2.45) is 5.92 Å². The fourth-order valence-corrected chi connectivity index (χ4v) is 1.53. The fraction of sp³-hybridized carbons (Fsp3) is 0.500. The van der Waals surface area contributed by atoms with E-state index in [4.69, 9.17) is 16.3 Å². The molecular weight excluding hydrogens is 253 g/mol. The van der Waals surface area contributed by atoms with Gasteiger partial charge in [-0.1, -0.05) is 31.5 Å². The maximum absolute atomic E-state index is 12.5. The summed E-state index contributed by atoms with van der Waals surface area (Å²) in [7, 11) is 0. The van der Waals surface area contributed by atoms with E-state index in [-0.39, 0.29) is 10.8 Å². The lowest BCUT2D eigenvalue weighted by atomic mass is 10.1. The molecule has 0 heterocycles. The summed E-state index contributed by atoms with van der Waals surface area (Å²) >= 11 is 5.66. The summed E-state index contributed by atoms with van der Waals surface area (Å²) in [5.74, 6) is 0.515. The van der Waals surface area contributed by atoms with Gasteiger partial charge in [-0.2, -0.15) is 13.2 Å². The van der Waals surface area contributed by atoms with Crippen LogP contribution in [0.25, 0.3) is 0 Å². The Morgan fingerprint density at radius 3 is 2.47 bits per heavy atom. The Morgan fingerprint density at radius 1 is 1.29 bits per heavy atom. The minimum atomic E-state index is -4.45. The molecule has 0 aliphatic rings. The molecule has 0 aliphatic heterocycles. The van der Waals surface area contributed by atoms with Gasteiger partial charge in [0.25, 0.3) is 0 Å². The molecule has 1 rings (SSSR count). The van der Waals surface area contributed by atoms with Crippen molar-refractivity contribution in [2.75, 3.05) is 6.61 Å². The molecule has 0 aliphatic carbocycles. The maximum Gasteiger partial charge on any atom is 0.417 e. The summed E-state index contributed by atoms with van der Waals surface area (Å²) in [4.78, 5) is 0. The van der Waals surface area contributed by atoms with Crippen LogP contribution in [0.2, 0.25) is 5.02 Å². The zero-order chi connectivity index (χ0) is 13.1. The summed E-state index contributed by atoms with van der Waals surface area (Å²) in [6.07, 6.45) is -3.68. The predicted octanol–water partition coefficient (Wildman–Crippen LogP) is 4.78. The molecule has 0 amide bonds. The van der Waals surface area contributed by atoms with Gasteiger partial charge in [-0.15, -0.1) is 0 Å². The van der Waals surface area contributed by atoms with Crippen molar-refractivity contribution in [1.82, 2.24) is 0 Å². The van der Waals surface area contributed by atoms with E-state index in [0.29, 0.717) is 12.5 Å². The van der Waals surface area contributed by atoms with E-state index in [1.54, 1.807) is 0 Å². The van der Waals surface area contributed by atoms with Crippen LogP contribution in [0.15, 0.2) is 18.2 Å². The second kappa shape index (κ2) is 5.63. The molecular formula is C12H14ClF3O. The van der Waals surface area contributed by atoms with Gasteiger partial charge in [0.15, 0.2) is 0 Å². The summed E-state index contributed by atoms with van der Waals surface area (Å²) in [6.45, 7) is 4.38. The highest BCUT2D eigenvalue weighted by Crippen LogP contribution is 2.39. The quantitative estimate of drug-likeness (QED) is 0.762. The average Bonchev–Trinajstić information content (AvgIpc) is 2.18. The van der Waals surface area contributed by atoms with Crippen LogP contribution in [0, 0.1) is 5.92 Å². The van der Waals surface area contributed by atoms with Crippen molar-refractivity contribution in [2.45, 2.75) is 26.4 Å². The zero-order valence-corrected chi connectivity index (χ0v) is 10.4. The third-order valence-corrected chi connectivity index (χ3v) is 2.61. The molecule has 0 unspecified atom stereocenters. The summed E-state index contributed by atoms with van der Waals surface area (Å²) in [5.41, 5.74) is -0.860. The van der Waals surface area contributed by atoms with Crippen LogP contribution in [0.4, 0.5) is 13.2 Å². The van der Waals surface area contributed by atoms with Gasteiger partial charge in [0, 0.05) is 0 Å². The second-order valence-electron chi connectivity index (χ2n) is 4.15. The van der Waals surface area contributed by atoms with Gasteiger partial charge in [0.1, 0.15) is 5.75 Å². The van der Waals surface area contributed by atoms with Gasteiger partial charge < -0.3 is 4.74 Å². The molecule has 0 fully saturated rings. The van der Waals surface area contributed by atoms with Crippen LogP contribution in [-0.2, 0) is 6.18 Å². The minimum Gasteiger partial charge on any atom is -0.492 e. The van der Waals surface area contributed by atoms with Crippen LogP contribution in [-0.4, -0.2) is 6.61 Å². The van der Waals surface area contributed by atoms with E-state index in [1.807, 2.05) is 13.8 Å². The summed E-state index contributed by atoms with van der Waals surface area (Å²) in [5, 5.41) is -0.372. The largest absolute Gasteiger partial charge is 0.492 e. The van der Waals surface area contributed by atoms with Crippen LogP contribution in [0.1, 0.15) is 25.8 Å². The van der Waals surface area contributed by atoms with Crippen molar-refractivity contribution in [3.05, 3.63) is 28.8 Å². The number of alkyl halides is 3. The lowest BCUT2D eigenvalue weighted by Crippen LogP contribution is -2.08. The Kier molecular flexibility index (Phi) is 4.69. The number of hydrogen-bond acceptors (Lipinski definition) is 1. The third kappa shape index (κ3) is 4.11. The summed E-state index contributed by atoms with van der Waals surface area (Å²) < 4.78 is 42.9. The SMILES string of the molecule is CC(C)CCOc1cccc(C(F)(F)F)c1Cl. The predicted molar refractivity (Wildman–Crippen MR) is 61.4 cm³/mol. The first kappa shape index (κ1) is 14.2. The molecule has 5 heteroatoms. The summed E-state index contributed by atoms with van der Waals surface area (Å²) in [6, 6.07) is 3.68. The van der Waals surface area contributed by atoms with Crippen molar-refractivity contribution >= 4 is 11.6 Å². The van der Waals surface area contributed by atoms with Crippen LogP contribution < -0.4 is 4.74 Å². The highest BCUT2D eigenvalue weighted by atomic mass is 35.5. The normalized spacial score (nSPS) is 11.9. The molecule has 0 saturated heterocycles. The number of rotatable bonds is 4. The highest BCUT2D eigenvalue weighted by Gasteiger charge is 2.34. The molecule has 96 valence electrons. The monoisotopic (exact) mass is 266 g/mol. The van der Waals surface area contributed by atoms with Gasteiger partial charge >= 0.3 is 6.18 Å². The van der Waals surface area contributed by atoms with Gasteiger partial charge in [0.05, 0.1) is 17.2 Å². The van der Waals surface area contributed by atoms with Crippen molar-refractivity contribution in [3.8, 4) is 5.75 Å². The van der Waals surface area contributed by atoms with E-state index in [1.165, 1.54) is 12.1 Å². The first-order valence-electron chi connectivity index (χ1n) is 5.31. The Morgan fingerprint density at radius 2 is 1.94 bits per heavy atom. The Labute approximate surface area is 104 Å². The molecule has 0 bridgehead atoms. The lowest BCUT2D eigenvalue weighted by molar-refractivity contribution is -0.137. The molecule has 0 radical (unpaired) electrons. The Balaban J connectivity index is 2.81. The third-order valence-electron chi connectivity index (χ3n) is 2.22. The molecule has 0 aromatic heterocycles. The van der Waals surface area contributed by atoms with Crippen molar-refractivity contribution in [3.63, 3.8) is 0 Å².